The van der Waals surface area contributed by atoms with Crippen LogP contribution in [0.3, 0.4) is 0 Å². The molecule has 0 bridgehead atoms. The zero-order chi connectivity index (χ0) is 12.5. The lowest BCUT2D eigenvalue weighted by molar-refractivity contribution is 0.502. The molecule has 1 aliphatic heterocycles. The maximum atomic E-state index is 6.04. The number of fused-ring (bicyclic) bond motifs is 1. The zero-order valence-electron chi connectivity index (χ0n) is 10.6. The van der Waals surface area contributed by atoms with Crippen molar-refractivity contribution < 1.29 is 0 Å². The highest BCUT2D eigenvalue weighted by atomic mass is 15.2. The number of nitrogens with zero attached hydrogens (tertiary/aromatic N) is 3. The van der Waals surface area contributed by atoms with E-state index < -0.39 is 0 Å². The van der Waals surface area contributed by atoms with Gasteiger partial charge in [0.15, 0.2) is 5.82 Å². The molecule has 1 saturated heterocycles. The SMILES string of the molecule is Cc1nc2ccccc2nc1N1CCCC(N)C1. The van der Waals surface area contributed by atoms with Crippen LogP contribution in [0.1, 0.15) is 18.5 Å². The van der Waals surface area contributed by atoms with E-state index in [0.29, 0.717) is 0 Å². The number of rotatable bonds is 1. The molecular formula is C14H18N4. The van der Waals surface area contributed by atoms with Crippen LogP contribution in [0.2, 0.25) is 0 Å². The summed E-state index contributed by atoms with van der Waals surface area (Å²) in [7, 11) is 0. The van der Waals surface area contributed by atoms with Crippen molar-refractivity contribution in [2.24, 2.45) is 5.73 Å². The third-order valence-electron chi connectivity index (χ3n) is 3.48. The molecule has 1 atom stereocenters. The summed E-state index contributed by atoms with van der Waals surface area (Å²) >= 11 is 0. The fraction of sp³-hybridized carbons (Fsp3) is 0.429. The zero-order valence-corrected chi connectivity index (χ0v) is 10.6. The minimum Gasteiger partial charge on any atom is -0.354 e. The molecule has 18 heavy (non-hydrogen) atoms. The number of benzene rings is 1. The van der Waals surface area contributed by atoms with Gasteiger partial charge in [0.1, 0.15) is 0 Å². The molecule has 0 saturated carbocycles. The predicted octanol–water partition coefficient (Wildman–Crippen LogP) is 1.87. The lowest BCUT2D eigenvalue weighted by Crippen LogP contribution is -2.43. The Hall–Kier alpha value is -1.68. The van der Waals surface area contributed by atoms with Crippen LogP contribution in [-0.2, 0) is 0 Å². The fourth-order valence-corrected chi connectivity index (χ4v) is 2.58. The molecule has 1 aliphatic rings. The molecule has 0 amide bonds. The third-order valence-corrected chi connectivity index (χ3v) is 3.48. The lowest BCUT2D eigenvalue weighted by atomic mass is 10.1. The number of aromatic nitrogens is 2. The molecule has 1 aromatic heterocycles. The van der Waals surface area contributed by atoms with Gasteiger partial charge >= 0.3 is 0 Å². The first-order valence-corrected chi connectivity index (χ1v) is 6.48. The quantitative estimate of drug-likeness (QED) is 0.829. The van der Waals surface area contributed by atoms with E-state index in [1.807, 2.05) is 31.2 Å². The van der Waals surface area contributed by atoms with Crippen LogP contribution in [-0.4, -0.2) is 29.1 Å². The molecule has 2 aromatic rings. The number of hydrogen-bond acceptors (Lipinski definition) is 4. The first kappa shape index (κ1) is 11.4. The lowest BCUT2D eigenvalue weighted by Gasteiger charge is -2.32. The average molecular weight is 242 g/mol. The number of anilines is 1. The van der Waals surface area contributed by atoms with Gasteiger partial charge in [0.25, 0.3) is 0 Å². The number of para-hydroxylation sites is 2. The number of aryl methyl sites for hydroxylation is 1. The molecule has 1 fully saturated rings. The molecule has 0 aliphatic carbocycles. The maximum Gasteiger partial charge on any atom is 0.150 e. The molecule has 0 radical (unpaired) electrons. The van der Waals surface area contributed by atoms with Gasteiger partial charge in [-0.15, -0.1) is 0 Å². The van der Waals surface area contributed by atoms with E-state index in [9.17, 15) is 0 Å². The second kappa shape index (κ2) is 4.53. The number of hydrogen-bond donors (Lipinski definition) is 1. The molecule has 2 N–H and O–H groups in total. The van der Waals surface area contributed by atoms with Gasteiger partial charge in [0.05, 0.1) is 16.7 Å². The summed E-state index contributed by atoms with van der Waals surface area (Å²) in [5, 5.41) is 0. The molecule has 1 aromatic carbocycles. The minimum atomic E-state index is 0.256. The van der Waals surface area contributed by atoms with Gasteiger partial charge in [-0.1, -0.05) is 12.1 Å². The molecule has 4 heteroatoms. The molecule has 2 heterocycles. The van der Waals surface area contributed by atoms with Crippen molar-refractivity contribution in [1.29, 1.82) is 0 Å². The summed E-state index contributed by atoms with van der Waals surface area (Å²) in [5.41, 5.74) is 8.94. The molecule has 94 valence electrons. The van der Waals surface area contributed by atoms with Crippen LogP contribution < -0.4 is 10.6 Å². The first-order valence-electron chi connectivity index (χ1n) is 6.48. The minimum absolute atomic E-state index is 0.256. The second-order valence-electron chi connectivity index (χ2n) is 4.97. The van der Waals surface area contributed by atoms with Gasteiger partial charge in [-0.3, -0.25) is 0 Å². The van der Waals surface area contributed by atoms with Gasteiger partial charge in [-0.2, -0.15) is 0 Å². The third kappa shape index (κ3) is 2.04. The number of nitrogens with two attached hydrogens (primary N) is 1. The Bertz CT molecular complexity index is 567. The van der Waals surface area contributed by atoms with Gasteiger partial charge in [-0.05, 0) is 31.9 Å². The normalized spacial score (nSPS) is 20.3. The molecule has 0 spiro atoms. The molecule has 3 rings (SSSR count). The number of piperidine rings is 1. The Morgan fingerprint density at radius 3 is 2.67 bits per heavy atom. The Morgan fingerprint density at radius 1 is 1.22 bits per heavy atom. The molecule has 4 nitrogen and oxygen atoms in total. The molecular weight excluding hydrogens is 224 g/mol. The van der Waals surface area contributed by atoms with Crippen LogP contribution in [0.15, 0.2) is 24.3 Å². The van der Waals surface area contributed by atoms with Crippen LogP contribution in [0.25, 0.3) is 11.0 Å². The highest BCUT2D eigenvalue weighted by molar-refractivity contribution is 5.76. The second-order valence-corrected chi connectivity index (χ2v) is 4.97. The van der Waals surface area contributed by atoms with Gasteiger partial charge in [-0.25, -0.2) is 9.97 Å². The monoisotopic (exact) mass is 242 g/mol. The van der Waals surface area contributed by atoms with Crippen molar-refractivity contribution in [3.8, 4) is 0 Å². The van der Waals surface area contributed by atoms with E-state index in [1.165, 1.54) is 0 Å². The van der Waals surface area contributed by atoms with Crippen molar-refractivity contribution in [1.82, 2.24) is 9.97 Å². The molecule has 1 unspecified atom stereocenters. The summed E-state index contributed by atoms with van der Waals surface area (Å²) in [6, 6.07) is 8.26. The predicted molar refractivity (Wildman–Crippen MR) is 73.7 cm³/mol. The summed E-state index contributed by atoms with van der Waals surface area (Å²) in [6.45, 7) is 3.93. The van der Waals surface area contributed by atoms with E-state index in [2.05, 4.69) is 9.88 Å². The standard InChI is InChI=1S/C14H18N4/c1-10-14(18-8-4-5-11(15)9-18)17-13-7-3-2-6-12(13)16-10/h2-3,6-7,11H,4-5,8-9,15H2,1H3. The van der Waals surface area contributed by atoms with E-state index in [0.717, 1.165) is 48.5 Å². The first-order chi connectivity index (χ1) is 8.74. The van der Waals surface area contributed by atoms with Crippen LogP contribution in [0.4, 0.5) is 5.82 Å². The highest BCUT2D eigenvalue weighted by Crippen LogP contribution is 2.22. The summed E-state index contributed by atoms with van der Waals surface area (Å²) in [5.74, 6) is 0.990. The largest absolute Gasteiger partial charge is 0.354 e. The van der Waals surface area contributed by atoms with Gasteiger partial charge in [0.2, 0.25) is 0 Å². The summed E-state index contributed by atoms with van der Waals surface area (Å²) in [6.07, 6.45) is 2.24. The van der Waals surface area contributed by atoms with Crippen molar-refractivity contribution in [3.63, 3.8) is 0 Å². The summed E-state index contributed by atoms with van der Waals surface area (Å²) in [4.78, 5) is 11.6. The van der Waals surface area contributed by atoms with Crippen molar-refractivity contribution >= 4 is 16.9 Å². The van der Waals surface area contributed by atoms with Crippen LogP contribution in [0, 0.1) is 6.92 Å². The van der Waals surface area contributed by atoms with Crippen molar-refractivity contribution in [2.45, 2.75) is 25.8 Å². The van der Waals surface area contributed by atoms with E-state index in [-0.39, 0.29) is 6.04 Å². The van der Waals surface area contributed by atoms with E-state index in [1.54, 1.807) is 0 Å². The van der Waals surface area contributed by atoms with Crippen LogP contribution >= 0.6 is 0 Å². The van der Waals surface area contributed by atoms with E-state index in [4.69, 9.17) is 10.7 Å². The Balaban J connectivity index is 2.02. The topological polar surface area (TPSA) is 55.0 Å². The van der Waals surface area contributed by atoms with E-state index >= 15 is 0 Å². The van der Waals surface area contributed by atoms with Crippen molar-refractivity contribution in [3.05, 3.63) is 30.0 Å². The van der Waals surface area contributed by atoms with Crippen LogP contribution in [0.5, 0.6) is 0 Å². The Morgan fingerprint density at radius 2 is 1.94 bits per heavy atom. The maximum absolute atomic E-state index is 6.04. The Kier molecular flexibility index (Phi) is 2.88. The fourth-order valence-electron chi connectivity index (χ4n) is 2.58. The highest BCUT2D eigenvalue weighted by Gasteiger charge is 2.20. The van der Waals surface area contributed by atoms with Crippen molar-refractivity contribution in [2.75, 3.05) is 18.0 Å². The average Bonchev–Trinajstić information content (AvgIpc) is 2.38. The summed E-state index contributed by atoms with van der Waals surface area (Å²) < 4.78 is 0. The van der Waals surface area contributed by atoms with Gasteiger partial charge < -0.3 is 10.6 Å². The Labute approximate surface area is 107 Å². The van der Waals surface area contributed by atoms with Gasteiger partial charge in [0, 0.05) is 19.1 Å². The smallest absolute Gasteiger partial charge is 0.150 e.